The summed E-state index contributed by atoms with van der Waals surface area (Å²) in [5.74, 6) is -1.62. The number of nitrogens with one attached hydrogen (secondary N) is 4. The fraction of sp³-hybridized carbons (Fsp3) is 0.469. The molecule has 6 heterocycles. The number of aromatic nitrogens is 4. The Hall–Kier alpha value is -7.80. The molecule has 18 nitrogen and oxygen atoms in total. The minimum atomic E-state index is -1.12. The van der Waals surface area contributed by atoms with Crippen molar-refractivity contribution in [3.63, 3.8) is 0 Å². The lowest BCUT2D eigenvalue weighted by atomic mass is 9.44. The third-order valence-corrected chi connectivity index (χ3v) is 19.6. The fourth-order valence-corrected chi connectivity index (χ4v) is 16.0. The molecule has 1 saturated heterocycles. The number of benzene rings is 3. The normalized spacial score (nSPS) is 22.4. The van der Waals surface area contributed by atoms with E-state index in [1.54, 1.807) is 24.4 Å². The molecule has 3 aromatic heterocycles. The minimum Gasteiger partial charge on any atom is -0.476 e. The van der Waals surface area contributed by atoms with Crippen LogP contribution in [0.15, 0.2) is 79.0 Å². The molecule has 6 aromatic rings. The van der Waals surface area contributed by atoms with Crippen LogP contribution in [0, 0.1) is 29.6 Å². The van der Waals surface area contributed by atoms with Gasteiger partial charge in [0.25, 0.3) is 17.7 Å². The number of fused-ring (bicyclic) bond motifs is 3. The number of hydrogen-bond acceptors (Lipinski definition) is 13. The number of carboxylic acids is 1. The maximum atomic E-state index is 14.2. The molecule has 3 aliphatic heterocycles. The fourth-order valence-electron chi connectivity index (χ4n) is 15.1. The van der Waals surface area contributed by atoms with Gasteiger partial charge in [0.2, 0.25) is 17.7 Å². The molecule has 4 saturated carbocycles. The summed E-state index contributed by atoms with van der Waals surface area (Å²) in [4.78, 5) is 104. The monoisotopic (exact) mass is 1140 g/mol. The van der Waals surface area contributed by atoms with Crippen molar-refractivity contribution >= 4 is 79.6 Å². The molecule has 5 N–H and O–H groups in total. The zero-order valence-corrected chi connectivity index (χ0v) is 47.9. The number of carbonyl (C=O) groups excluding carboxylic acids is 6. The molecule has 4 bridgehead atoms. The lowest BCUT2D eigenvalue weighted by Crippen LogP contribution is -2.58. The van der Waals surface area contributed by atoms with E-state index in [-0.39, 0.29) is 52.3 Å². The smallest absolute Gasteiger partial charge is 0.355 e. The van der Waals surface area contributed by atoms with Crippen LogP contribution in [-0.4, -0.2) is 96.8 Å². The first-order valence-corrected chi connectivity index (χ1v) is 30.7. The molecule has 3 atom stereocenters. The zero-order chi connectivity index (χ0) is 57.4. The van der Waals surface area contributed by atoms with E-state index >= 15 is 0 Å². The number of amides is 6. The molecule has 432 valence electrons. The first-order chi connectivity index (χ1) is 40.2. The number of nitrogens with zero attached hydrogens (tertiary/aromatic N) is 6. The SMILES string of the molecule is Cc1c(-c2ccc(N3CCc4cccc(C(=O)Nc5nc6ccccc6s5)c4C3)nc2C(=O)O)cnn1CC12CC3CC(C1)CC(C(=O)NCCCCCCCCCCCCNc1cccc4c1C(=O)N(C1CCC(=O)NC1=O)C4=O)(C3)C2. The van der Waals surface area contributed by atoms with Gasteiger partial charge in [-0.3, -0.25) is 49.0 Å². The highest BCUT2D eigenvalue weighted by molar-refractivity contribution is 7.22. The number of anilines is 3. The number of carboxylic acid groups (broad SMARTS) is 1. The van der Waals surface area contributed by atoms with E-state index in [2.05, 4.69) is 26.3 Å². The number of pyridine rings is 1. The Kier molecular flexibility index (Phi) is 15.7. The Labute approximate surface area is 486 Å². The maximum absolute atomic E-state index is 14.2. The molecule has 83 heavy (non-hydrogen) atoms. The Morgan fingerprint density at radius 2 is 1.51 bits per heavy atom. The van der Waals surface area contributed by atoms with Gasteiger partial charge in [0.15, 0.2) is 10.8 Å². The molecule has 0 spiro atoms. The lowest BCUT2D eigenvalue weighted by Gasteiger charge is -2.61. The van der Waals surface area contributed by atoms with Gasteiger partial charge in [-0.05, 0) is 142 Å². The standard InChI is InChI=1S/C64H72N10O8S/c1-39-46(43-22-24-52(69-55(43)60(80)81)72-29-26-42-16-14-17-44(47(42)36-72)56(76)71-62-68-48-19-10-11-21-51(48)83-62)35-67-73(39)38-63-31-40-30-41(32-63)34-64(33-40,37-63)61(82)66-28-13-9-7-5-3-2-4-6-8-12-27-65-49-20-15-18-45-54(49)59(79)74(58(45)78)50-23-25-53(75)70-57(50)77/h10-11,14-22,24,35,40-41,50,65H,2-9,12-13,23,25-34,36-38H2,1H3,(H,66,82)(H,80,81)(H,68,71,76)(H,70,75,77). The van der Waals surface area contributed by atoms with Gasteiger partial charge in [-0.2, -0.15) is 5.10 Å². The summed E-state index contributed by atoms with van der Waals surface area (Å²) in [6.07, 6.45) is 19.7. The molecule has 3 unspecified atom stereocenters. The van der Waals surface area contributed by atoms with Crippen molar-refractivity contribution in [3.8, 4) is 11.1 Å². The molecule has 5 fully saturated rings. The molecular formula is C64H72N10O8S. The molecule has 0 radical (unpaired) electrons. The van der Waals surface area contributed by atoms with Gasteiger partial charge in [-0.15, -0.1) is 0 Å². The number of thiazole rings is 1. The second-order valence-corrected chi connectivity index (χ2v) is 25.4. The van der Waals surface area contributed by atoms with Gasteiger partial charge in [-0.25, -0.2) is 14.8 Å². The maximum Gasteiger partial charge on any atom is 0.355 e. The highest BCUT2D eigenvalue weighted by Gasteiger charge is 2.60. The summed E-state index contributed by atoms with van der Waals surface area (Å²) in [5, 5.41) is 28.1. The average Bonchev–Trinajstić information content (AvgIpc) is 1.66. The van der Waals surface area contributed by atoms with Crippen molar-refractivity contribution in [1.82, 2.24) is 35.3 Å². The van der Waals surface area contributed by atoms with E-state index < -0.39 is 35.6 Å². The van der Waals surface area contributed by atoms with Gasteiger partial charge in [0.1, 0.15) is 11.9 Å². The van der Waals surface area contributed by atoms with E-state index in [1.807, 2.05) is 71.1 Å². The van der Waals surface area contributed by atoms with E-state index in [4.69, 9.17) is 10.1 Å². The Morgan fingerprint density at radius 3 is 2.25 bits per heavy atom. The number of aromatic carboxylic acids is 1. The Bertz CT molecular complexity index is 3510. The second kappa shape index (κ2) is 23.5. The van der Waals surface area contributed by atoms with Crippen LogP contribution in [0.4, 0.5) is 16.6 Å². The topological polar surface area (TPSA) is 238 Å². The van der Waals surface area contributed by atoms with Crippen LogP contribution < -0.4 is 26.2 Å². The Morgan fingerprint density at radius 1 is 0.771 bits per heavy atom. The van der Waals surface area contributed by atoms with Crippen molar-refractivity contribution in [2.24, 2.45) is 22.7 Å². The predicted molar refractivity (Wildman–Crippen MR) is 316 cm³/mol. The molecule has 7 aliphatic rings. The molecule has 6 amide bonds. The van der Waals surface area contributed by atoms with Gasteiger partial charge >= 0.3 is 5.97 Å². The van der Waals surface area contributed by atoms with E-state index in [0.717, 1.165) is 115 Å². The molecule has 19 heteroatoms. The summed E-state index contributed by atoms with van der Waals surface area (Å²) in [7, 11) is 0. The van der Waals surface area contributed by atoms with E-state index in [9.17, 15) is 38.7 Å². The highest BCUT2D eigenvalue weighted by Crippen LogP contribution is 2.66. The van der Waals surface area contributed by atoms with Crippen molar-refractivity contribution < 1.29 is 38.7 Å². The zero-order valence-electron chi connectivity index (χ0n) is 47.1. The third-order valence-electron chi connectivity index (χ3n) is 18.7. The van der Waals surface area contributed by atoms with Crippen molar-refractivity contribution in [3.05, 3.63) is 118 Å². The molecule has 3 aromatic carbocycles. The predicted octanol–water partition coefficient (Wildman–Crippen LogP) is 10.5. The number of unbranched alkanes of at least 4 members (excludes halogenated alkanes) is 9. The van der Waals surface area contributed by atoms with Crippen LogP contribution in [-0.2, 0) is 33.9 Å². The number of para-hydroxylation sites is 1. The van der Waals surface area contributed by atoms with Crippen molar-refractivity contribution in [1.29, 1.82) is 0 Å². The molecule has 4 aliphatic carbocycles. The quantitative estimate of drug-likeness (QED) is 0.0297. The van der Waals surface area contributed by atoms with Crippen LogP contribution in [0.3, 0.4) is 0 Å². The van der Waals surface area contributed by atoms with Gasteiger partial charge in [0, 0.05) is 67.2 Å². The molecule has 13 rings (SSSR count). The number of rotatable bonds is 23. The second-order valence-electron chi connectivity index (χ2n) is 24.4. The van der Waals surface area contributed by atoms with Crippen molar-refractivity contribution in [2.45, 2.75) is 148 Å². The third kappa shape index (κ3) is 11.3. The largest absolute Gasteiger partial charge is 0.476 e. The summed E-state index contributed by atoms with van der Waals surface area (Å²) < 4.78 is 3.04. The molecular weight excluding hydrogens is 1070 g/mol. The summed E-state index contributed by atoms with van der Waals surface area (Å²) in [6.45, 7) is 5.06. The van der Waals surface area contributed by atoms with E-state index in [0.29, 0.717) is 78.7 Å². The Balaban J connectivity index is 0.580. The summed E-state index contributed by atoms with van der Waals surface area (Å²) >= 11 is 1.43. The number of imide groups is 2. The minimum absolute atomic E-state index is 0.0439. The van der Waals surface area contributed by atoms with Gasteiger partial charge < -0.3 is 20.6 Å². The van der Waals surface area contributed by atoms with Gasteiger partial charge in [0.05, 0.1) is 33.0 Å². The first kappa shape index (κ1) is 55.7. The van der Waals surface area contributed by atoms with Crippen LogP contribution in [0.2, 0.25) is 0 Å². The summed E-state index contributed by atoms with van der Waals surface area (Å²) in [6, 6.07) is 21.4. The van der Waals surface area contributed by atoms with Gasteiger partial charge in [-0.1, -0.05) is 93.0 Å². The van der Waals surface area contributed by atoms with Crippen LogP contribution >= 0.6 is 11.3 Å². The lowest BCUT2D eigenvalue weighted by molar-refractivity contribution is -0.159. The average molecular weight is 1140 g/mol. The summed E-state index contributed by atoms with van der Waals surface area (Å²) in [5.41, 5.74) is 6.16. The van der Waals surface area contributed by atoms with E-state index in [1.165, 1.54) is 37.0 Å². The number of carbonyl (C=O) groups is 7. The van der Waals surface area contributed by atoms with Crippen molar-refractivity contribution in [2.75, 3.05) is 35.2 Å². The highest BCUT2D eigenvalue weighted by atomic mass is 32.1. The first-order valence-electron chi connectivity index (χ1n) is 29.9. The van der Waals surface area contributed by atoms with Crippen LogP contribution in [0.1, 0.15) is 174 Å². The number of hydrogen-bond donors (Lipinski definition) is 5. The van der Waals surface area contributed by atoms with Crippen LogP contribution in [0.25, 0.3) is 21.3 Å². The van der Waals surface area contributed by atoms with Crippen LogP contribution in [0.5, 0.6) is 0 Å². The number of piperidine rings is 1.